The van der Waals surface area contributed by atoms with Crippen LogP contribution in [-0.2, 0) is 29.1 Å². The van der Waals surface area contributed by atoms with Gasteiger partial charge < -0.3 is 23.5 Å². The second-order valence-corrected chi connectivity index (χ2v) is 7.89. The summed E-state index contributed by atoms with van der Waals surface area (Å²) in [4.78, 5) is 0. The van der Waals surface area contributed by atoms with Gasteiger partial charge in [-0.3, -0.25) is 0 Å². The molecule has 0 aliphatic rings. The molecule has 0 spiro atoms. The van der Waals surface area contributed by atoms with Crippen LogP contribution in [0, 0.1) is 0 Å². The largest absolute Gasteiger partial charge is 0.746 e. The highest BCUT2D eigenvalue weighted by Gasteiger charge is 2.19. The normalized spacial score (nSPS) is 15.7. The molecule has 0 aromatic carbocycles. The van der Waals surface area contributed by atoms with E-state index in [9.17, 15) is 13.0 Å². The fourth-order valence-corrected chi connectivity index (χ4v) is 2.87. The van der Waals surface area contributed by atoms with E-state index in [1.807, 2.05) is 13.8 Å². The third-order valence-corrected chi connectivity index (χ3v) is 5.11. The molecular weight excluding hydrogens is 360 g/mol. The highest BCUT2D eigenvalue weighted by atomic mass is 32.2. The molecule has 3 atom stereocenters. The van der Waals surface area contributed by atoms with Crippen molar-refractivity contribution in [2.45, 2.75) is 96.7 Å². The molecular formula is C18H37O7S-. The second-order valence-electron chi connectivity index (χ2n) is 6.37. The Morgan fingerprint density at radius 2 is 1.31 bits per heavy atom. The summed E-state index contributed by atoms with van der Waals surface area (Å²) < 4.78 is 55.3. The van der Waals surface area contributed by atoms with E-state index < -0.39 is 15.6 Å². The lowest BCUT2D eigenvalue weighted by Crippen LogP contribution is -2.32. The first-order valence-corrected chi connectivity index (χ1v) is 11.2. The van der Waals surface area contributed by atoms with Gasteiger partial charge in [0.2, 0.25) is 0 Å². The summed E-state index contributed by atoms with van der Waals surface area (Å²) in [7, 11) is -4.64. The summed E-state index contributed by atoms with van der Waals surface area (Å²) in [6.07, 6.45) is 7.78. The van der Waals surface area contributed by atoms with E-state index in [0.29, 0.717) is 0 Å². The first kappa shape index (κ1) is 25.8. The number of rotatable bonds is 18. The molecule has 0 radical (unpaired) electrons. The lowest BCUT2D eigenvalue weighted by Gasteiger charge is -2.23. The zero-order valence-electron chi connectivity index (χ0n) is 16.8. The lowest BCUT2D eigenvalue weighted by molar-refractivity contribution is -0.140. The molecule has 0 aromatic heterocycles. The maximum absolute atomic E-state index is 11.3. The first-order valence-electron chi connectivity index (χ1n) is 9.76. The first-order chi connectivity index (χ1) is 12.4. The molecule has 0 amide bonds. The highest BCUT2D eigenvalue weighted by Crippen LogP contribution is 2.11. The van der Waals surface area contributed by atoms with Crippen LogP contribution in [0.25, 0.3) is 0 Å². The van der Waals surface area contributed by atoms with Gasteiger partial charge in [-0.05, 0) is 25.7 Å². The van der Waals surface area contributed by atoms with Gasteiger partial charge in [-0.25, -0.2) is 8.42 Å². The monoisotopic (exact) mass is 397 g/mol. The summed E-state index contributed by atoms with van der Waals surface area (Å²) >= 11 is 0. The molecule has 158 valence electrons. The van der Waals surface area contributed by atoms with E-state index in [-0.39, 0.29) is 32.4 Å². The van der Waals surface area contributed by atoms with Crippen molar-refractivity contribution in [2.24, 2.45) is 0 Å². The van der Waals surface area contributed by atoms with Crippen molar-refractivity contribution in [3.8, 4) is 0 Å². The molecule has 0 N–H and O–H groups in total. The fraction of sp³-hybridized carbons (Fsp3) is 1.00. The minimum absolute atomic E-state index is 0.00177. The molecule has 0 aromatic rings. The Kier molecular flexibility index (Phi) is 15.6. The van der Waals surface area contributed by atoms with Gasteiger partial charge in [0.25, 0.3) is 0 Å². The molecule has 26 heavy (non-hydrogen) atoms. The van der Waals surface area contributed by atoms with Crippen LogP contribution in [0.1, 0.15) is 79.1 Å². The Morgan fingerprint density at radius 3 is 1.73 bits per heavy atom. The zero-order valence-corrected chi connectivity index (χ0v) is 17.6. The molecule has 8 heteroatoms. The third kappa shape index (κ3) is 13.0. The van der Waals surface area contributed by atoms with E-state index in [1.165, 1.54) is 0 Å². The number of hydrogen-bond acceptors (Lipinski definition) is 7. The summed E-state index contributed by atoms with van der Waals surface area (Å²) in [6.45, 7) is 7.54. The predicted molar refractivity (Wildman–Crippen MR) is 99.6 cm³/mol. The van der Waals surface area contributed by atoms with E-state index in [1.54, 1.807) is 0 Å². The lowest BCUT2D eigenvalue weighted by atomic mass is 10.1. The Balaban J connectivity index is 4.21. The van der Waals surface area contributed by atoms with Gasteiger partial charge in [0.1, 0.15) is 23.7 Å². The zero-order chi connectivity index (χ0) is 19.8. The SMILES string of the molecule is CCCCC(CC)OCOCC(OCOC(CC)CCCC)S(=O)(=O)[O-]. The van der Waals surface area contributed by atoms with Crippen molar-refractivity contribution in [2.75, 3.05) is 20.2 Å². The minimum atomic E-state index is -4.64. The maximum Gasteiger partial charge on any atom is 0.173 e. The van der Waals surface area contributed by atoms with Crippen LogP contribution >= 0.6 is 0 Å². The highest BCUT2D eigenvalue weighted by molar-refractivity contribution is 7.86. The third-order valence-electron chi connectivity index (χ3n) is 4.19. The molecule has 3 unspecified atom stereocenters. The van der Waals surface area contributed by atoms with Gasteiger partial charge in [-0.15, -0.1) is 0 Å². The topological polar surface area (TPSA) is 94.1 Å². The van der Waals surface area contributed by atoms with E-state index >= 15 is 0 Å². The van der Waals surface area contributed by atoms with Crippen molar-refractivity contribution >= 4 is 10.1 Å². The average molecular weight is 398 g/mol. The van der Waals surface area contributed by atoms with Crippen LogP contribution in [0.15, 0.2) is 0 Å². The molecule has 0 aliphatic carbocycles. The number of unbranched alkanes of at least 4 members (excludes halogenated alkanes) is 2. The Bertz CT molecular complexity index is 414. The van der Waals surface area contributed by atoms with Crippen LogP contribution in [0.2, 0.25) is 0 Å². The van der Waals surface area contributed by atoms with Crippen LogP contribution in [-0.4, -0.2) is 50.8 Å². The summed E-state index contributed by atoms with van der Waals surface area (Å²) in [5.41, 5.74) is -1.59. The van der Waals surface area contributed by atoms with E-state index in [0.717, 1.165) is 51.4 Å². The summed E-state index contributed by atoms with van der Waals surface area (Å²) in [5.74, 6) is 0. The van der Waals surface area contributed by atoms with E-state index in [4.69, 9.17) is 18.9 Å². The van der Waals surface area contributed by atoms with Gasteiger partial charge in [-0.2, -0.15) is 0 Å². The van der Waals surface area contributed by atoms with Crippen LogP contribution < -0.4 is 0 Å². The summed E-state index contributed by atoms with van der Waals surface area (Å²) in [5, 5.41) is 0. The Hall–Kier alpha value is -0.250. The van der Waals surface area contributed by atoms with E-state index in [2.05, 4.69) is 13.8 Å². The maximum atomic E-state index is 11.3. The molecule has 0 heterocycles. The molecule has 0 rings (SSSR count). The second kappa shape index (κ2) is 15.8. The predicted octanol–water partition coefficient (Wildman–Crippen LogP) is 3.78. The molecule has 0 saturated carbocycles. The van der Waals surface area contributed by atoms with Crippen molar-refractivity contribution < 1.29 is 31.9 Å². The minimum Gasteiger partial charge on any atom is -0.746 e. The smallest absolute Gasteiger partial charge is 0.173 e. The molecule has 7 nitrogen and oxygen atoms in total. The average Bonchev–Trinajstić information content (AvgIpc) is 2.61. The molecule has 0 aliphatic heterocycles. The van der Waals surface area contributed by atoms with Gasteiger partial charge in [0.15, 0.2) is 5.44 Å². The van der Waals surface area contributed by atoms with Crippen LogP contribution in [0.3, 0.4) is 0 Å². The Morgan fingerprint density at radius 1 is 0.808 bits per heavy atom. The quantitative estimate of drug-likeness (QED) is 0.197. The standard InChI is InChI=1S/C18H38O7S/c1-5-9-11-16(7-3)23-14-22-13-18(26(19,20)21)25-15-24-17(8-4)12-10-6-2/h16-18H,5-15H2,1-4H3,(H,19,20,21)/p-1. The van der Waals surface area contributed by atoms with Crippen LogP contribution in [0.4, 0.5) is 0 Å². The fourth-order valence-electron chi connectivity index (χ4n) is 2.39. The molecule has 0 fully saturated rings. The van der Waals surface area contributed by atoms with Crippen molar-refractivity contribution in [3.63, 3.8) is 0 Å². The number of hydrogen-bond donors (Lipinski definition) is 0. The van der Waals surface area contributed by atoms with Crippen LogP contribution in [0.5, 0.6) is 0 Å². The van der Waals surface area contributed by atoms with Gasteiger partial charge in [0, 0.05) is 0 Å². The van der Waals surface area contributed by atoms with Gasteiger partial charge >= 0.3 is 0 Å². The van der Waals surface area contributed by atoms with Gasteiger partial charge in [-0.1, -0.05) is 53.4 Å². The van der Waals surface area contributed by atoms with Crippen molar-refractivity contribution in [1.82, 2.24) is 0 Å². The molecule has 0 bridgehead atoms. The van der Waals surface area contributed by atoms with Crippen molar-refractivity contribution in [1.29, 1.82) is 0 Å². The summed E-state index contributed by atoms with van der Waals surface area (Å²) in [6, 6.07) is 0. The number of ether oxygens (including phenoxy) is 4. The van der Waals surface area contributed by atoms with Gasteiger partial charge in [0.05, 0.1) is 18.8 Å². The molecule has 0 saturated heterocycles. The Labute approximate surface area is 159 Å². The van der Waals surface area contributed by atoms with Crippen molar-refractivity contribution in [3.05, 3.63) is 0 Å².